The van der Waals surface area contributed by atoms with Crippen molar-refractivity contribution in [2.24, 2.45) is 5.10 Å². The molecule has 1 heterocycles. The highest BCUT2D eigenvalue weighted by Crippen LogP contribution is 2.36. The van der Waals surface area contributed by atoms with Gasteiger partial charge in [0.1, 0.15) is 6.54 Å². The van der Waals surface area contributed by atoms with Crippen molar-refractivity contribution in [3.63, 3.8) is 0 Å². The average Bonchev–Trinajstić information content (AvgIpc) is 2.75. The Hall–Kier alpha value is -2.77. The number of carbonyl (C=O) groups is 2. The van der Waals surface area contributed by atoms with Crippen LogP contribution in [0.25, 0.3) is 0 Å². The Morgan fingerprint density at radius 1 is 1.30 bits per heavy atom. The van der Waals surface area contributed by atoms with Crippen LogP contribution in [-0.4, -0.2) is 49.0 Å². The first-order chi connectivity index (χ1) is 9.55. The fraction of sp³-hybridized carbons (Fsp3) is 0.250. The molecule has 1 aromatic carbocycles. The first kappa shape index (κ1) is 13.7. The Morgan fingerprint density at radius 3 is 2.35 bits per heavy atom. The predicted octanol–water partition coefficient (Wildman–Crippen LogP) is 0.295. The maximum Gasteiger partial charge on any atom is 0.344 e. The summed E-state index contributed by atoms with van der Waals surface area (Å²) in [4.78, 5) is 22.3. The molecule has 8 nitrogen and oxygen atoms in total. The third-order valence-electron chi connectivity index (χ3n) is 2.62. The monoisotopic (exact) mass is 279 g/mol. The molecule has 0 atom stereocenters. The molecule has 3 amide bonds. The first-order valence-corrected chi connectivity index (χ1v) is 5.65. The molecule has 0 aliphatic carbocycles. The Kier molecular flexibility index (Phi) is 3.74. The number of ether oxygens (including phenoxy) is 2. The van der Waals surface area contributed by atoms with Gasteiger partial charge in [0.2, 0.25) is 11.7 Å². The maximum atomic E-state index is 11.3. The lowest BCUT2D eigenvalue weighted by molar-refractivity contribution is -0.118. The van der Waals surface area contributed by atoms with E-state index in [0.717, 1.165) is 5.01 Å². The summed E-state index contributed by atoms with van der Waals surface area (Å²) in [6.07, 6.45) is 1.36. The minimum Gasteiger partial charge on any atom is -0.502 e. The van der Waals surface area contributed by atoms with Gasteiger partial charge in [-0.25, -0.2) is 9.80 Å². The molecule has 20 heavy (non-hydrogen) atoms. The van der Waals surface area contributed by atoms with Crippen LogP contribution in [-0.2, 0) is 4.79 Å². The van der Waals surface area contributed by atoms with Crippen molar-refractivity contribution in [2.75, 3.05) is 20.8 Å². The molecule has 1 fully saturated rings. The van der Waals surface area contributed by atoms with Crippen molar-refractivity contribution in [3.8, 4) is 17.2 Å². The number of nitrogens with zero attached hydrogens (tertiary/aromatic N) is 2. The fourth-order valence-corrected chi connectivity index (χ4v) is 1.65. The third-order valence-corrected chi connectivity index (χ3v) is 2.62. The normalized spacial score (nSPS) is 14.8. The van der Waals surface area contributed by atoms with E-state index in [1.807, 2.05) is 0 Å². The number of carbonyl (C=O) groups excluding carboxylic acids is 2. The molecule has 1 aromatic rings. The van der Waals surface area contributed by atoms with E-state index in [1.165, 1.54) is 32.6 Å². The summed E-state index contributed by atoms with van der Waals surface area (Å²) >= 11 is 0. The van der Waals surface area contributed by atoms with E-state index in [0.29, 0.717) is 5.56 Å². The topological polar surface area (TPSA) is 100 Å². The maximum absolute atomic E-state index is 11.3. The quantitative estimate of drug-likeness (QED) is 0.609. The Labute approximate surface area is 114 Å². The molecule has 2 rings (SSSR count). The number of aromatic hydroxyl groups is 1. The van der Waals surface area contributed by atoms with E-state index in [4.69, 9.17) is 9.47 Å². The van der Waals surface area contributed by atoms with E-state index in [-0.39, 0.29) is 23.8 Å². The number of phenolic OH excluding ortho intramolecular Hbond substituents is 1. The van der Waals surface area contributed by atoms with Crippen molar-refractivity contribution < 1.29 is 24.2 Å². The summed E-state index contributed by atoms with van der Waals surface area (Å²) in [5.41, 5.74) is 0.545. The number of nitrogens with one attached hydrogen (secondary N) is 1. The summed E-state index contributed by atoms with van der Waals surface area (Å²) in [5, 5.41) is 16.7. The van der Waals surface area contributed by atoms with Crippen LogP contribution >= 0.6 is 0 Å². The number of phenols is 1. The van der Waals surface area contributed by atoms with E-state index < -0.39 is 11.9 Å². The number of benzene rings is 1. The molecule has 1 aliphatic heterocycles. The Bertz CT molecular complexity index is 559. The van der Waals surface area contributed by atoms with Crippen LogP contribution in [0.4, 0.5) is 4.79 Å². The molecular formula is C12H13N3O5. The summed E-state index contributed by atoms with van der Waals surface area (Å²) in [7, 11) is 2.81. The molecule has 8 heteroatoms. The third kappa shape index (κ3) is 2.63. The second-order valence-corrected chi connectivity index (χ2v) is 3.93. The molecule has 0 radical (unpaired) electrons. The number of amides is 3. The zero-order valence-corrected chi connectivity index (χ0v) is 10.9. The largest absolute Gasteiger partial charge is 0.502 e. The number of rotatable bonds is 4. The van der Waals surface area contributed by atoms with Gasteiger partial charge in [0.15, 0.2) is 11.5 Å². The SMILES string of the molecule is COc1cc(/C=N/N2CC(=O)NC2=O)cc(OC)c1O. The van der Waals surface area contributed by atoms with E-state index in [1.54, 1.807) is 0 Å². The highest BCUT2D eigenvalue weighted by Gasteiger charge is 2.25. The summed E-state index contributed by atoms with van der Waals surface area (Å²) in [5.74, 6) is -0.102. The van der Waals surface area contributed by atoms with Crippen molar-refractivity contribution in [3.05, 3.63) is 17.7 Å². The van der Waals surface area contributed by atoms with Crippen LogP contribution < -0.4 is 14.8 Å². The Balaban J connectivity index is 2.25. The predicted molar refractivity (Wildman–Crippen MR) is 69.0 cm³/mol. The number of hydrogen-bond acceptors (Lipinski definition) is 6. The lowest BCUT2D eigenvalue weighted by Crippen LogP contribution is -2.24. The van der Waals surface area contributed by atoms with Gasteiger partial charge in [0.25, 0.3) is 0 Å². The van der Waals surface area contributed by atoms with Crippen molar-refractivity contribution in [1.29, 1.82) is 0 Å². The van der Waals surface area contributed by atoms with Gasteiger partial charge in [-0.3, -0.25) is 10.1 Å². The van der Waals surface area contributed by atoms with Crippen molar-refractivity contribution >= 4 is 18.2 Å². The fourth-order valence-electron chi connectivity index (χ4n) is 1.65. The van der Waals surface area contributed by atoms with Gasteiger partial charge in [0.05, 0.1) is 20.4 Å². The zero-order chi connectivity index (χ0) is 14.7. The summed E-state index contributed by atoms with van der Waals surface area (Å²) in [6, 6.07) is 2.47. The molecule has 0 bridgehead atoms. The average molecular weight is 279 g/mol. The number of hydrogen-bond donors (Lipinski definition) is 2. The smallest absolute Gasteiger partial charge is 0.344 e. The second-order valence-electron chi connectivity index (χ2n) is 3.93. The van der Waals surface area contributed by atoms with E-state index >= 15 is 0 Å². The molecule has 0 saturated carbocycles. The minimum absolute atomic E-state index is 0.123. The number of imide groups is 1. The standard InChI is InChI=1S/C12H13N3O5/c1-19-8-3-7(4-9(20-2)11(8)17)5-13-15-6-10(16)14-12(15)18/h3-5,17H,6H2,1-2H3,(H,14,16,18)/b13-5+. The van der Waals surface area contributed by atoms with Crippen molar-refractivity contribution in [2.45, 2.75) is 0 Å². The van der Waals surface area contributed by atoms with Gasteiger partial charge in [0, 0.05) is 5.56 Å². The number of urea groups is 1. The van der Waals surface area contributed by atoms with E-state index in [9.17, 15) is 14.7 Å². The lowest BCUT2D eigenvalue weighted by atomic mass is 10.2. The van der Waals surface area contributed by atoms with Gasteiger partial charge in [-0.2, -0.15) is 5.10 Å². The van der Waals surface area contributed by atoms with Crippen LogP contribution in [0.2, 0.25) is 0 Å². The molecule has 0 unspecified atom stereocenters. The molecular weight excluding hydrogens is 266 g/mol. The molecule has 106 valence electrons. The molecule has 2 N–H and O–H groups in total. The zero-order valence-electron chi connectivity index (χ0n) is 10.9. The van der Waals surface area contributed by atoms with Gasteiger partial charge in [-0.1, -0.05) is 0 Å². The summed E-state index contributed by atoms with van der Waals surface area (Å²) < 4.78 is 10.00. The van der Waals surface area contributed by atoms with Gasteiger partial charge < -0.3 is 14.6 Å². The van der Waals surface area contributed by atoms with Crippen LogP contribution in [0.1, 0.15) is 5.56 Å². The Morgan fingerprint density at radius 2 is 1.90 bits per heavy atom. The number of hydrazone groups is 1. The second kappa shape index (κ2) is 5.47. The van der Waals surface area contributed by atoms with Gasteiger partial charge in [-0.15, -0.1) is 0 Å². The molecule has 1 aliphatic rings. The van der Waals surface area contributed by atoms with Crippen LogP contribution in [0.3, 0.4) is 0 Å². The van der Waals surface area contributed by atoms with E-state index in [2.05, 4.69) is 10.4 Å². The van der Waals surface area contributed by atoms with Gasteiger partial charge >= 0.3 is 6.03 Å². The highest BCUT2D eigenvalue weighted by atomic mass is 16.5. The van der Waals surface area contributed by atoms with Gasteiger partial charge in [-0.05, 0) is 12.1 Å². The molecule has 0 aromatic heterocycles. The lowest BCUT2D eigenvalue weighted by Gasteiger charge is -2.10. The first-order valence-electron chi connectivity index (χ1n) is 5.65. The highest BCUT2D eigenvalue weighted by molar-refractivity contribution is 6.02. The summed E-state index contributed by atoms with van der Waals surface area (Å²) in [6.45, 7) is -0.123. The van der Waals surface area contributed by atoms with Crippen LogP contribution in [0.5, 0.6) is 17.2 Å². The van der Waals surface area contributed by atoms with Crippen LogP contribution in [0.15, 0.2) is 17.2 Å². The molecule has 1 saturated heterocycles. The van der Waals surface area contributed by atoms with Crippen LogP contribution in [0, 0.1) is 0 Å². The number of methoxy groups -OCH3 is 2. The minimum atomic E-state index is -0.580. The van der Waals surface area contributed by atoms with Crippen molar-refractivity contribution in [1.82, 2.24) is 10.3 Å². The molecule has 0 spiro atoms.